The summed E-state index contributed by atoms with van der Waals surface area (Å²) in [6.45, 7) is 3.42. The van der Waals surface area contributed by atoms with Gasteiger partial charge >= 0.3 is 5.97 Å². The zero-order valence-electron chi connectivity index (χ0n) is 10.2. The number of nitrogens with two attached hydrogens (primary N) is 2. The number of ether oxygens (including phenoxy) is 1. The van der Waals surface area contributed by atoms with Gasteiger partial charge in [0, 0.05) is 16.8 Å². The number of carbonyl (C=O) groups is 1. The molecule has 5 heteroatoms. The minimum Gasteiger partial charge on any atom is -0.469 e. The van der Waals surface area contributed by atoms with Crippen LogP contribution in [0.3, 0.4) is 0 Å². The van der Waals surface area contributed by atoms with Gasteiger partial charge < -0.3 is 16.2 Å². The van der Waals surface area contributed by atoms with Gasteiger partial charge in [-0.3, -0.25) is 4.79 Å². The molecule has 0 radical (unpaired) electrons. The molecule has 4 N–H and O–H groups in total. The van der Waals surface area contributed by atoms with Crippen molar-refractivity contribution in [3.63, 3.8) is 0 Å². The number of esters is 1. The highest BCUT2D eigenvalue weighted by Crippen LogP contribution is 2.36. The van der Waals surface area contributed by atoms with E-state index >= 15 is 0 Å². The Labute approximate surface area is 106 Å². The molecular formula is C12H17ClN2O2. The Bertz CT molecular complexity index is 433. The lowest BCUT2D eigenvalue weighted by molar-refractivity contribution is -0.152. The zero-order valence-corrected chi connectivity index (χ0v) is 10.9. The molecule has 0 aliphatic heterocycles. The molecule has 94 valence electrons. The molecule has 4 nitrogen and oxygen atoms in total. The molecule has 0 spiro atoms. The number of halogens is 1. The first-order valence-electron chi connectivity index (χ1n) is 5.19. The first kappa shape index (κ1) is 13.8. The zero-order chi connectivity index (χ0) is 13.2. The fourth-order valence-electron chi connectivity index (χ4n) is 1.59. The first-order valence-corrected chi connectivity index (χ1v) is 5.57. The standard InChI is InChI=1S/C12H17ClN2O2/c1-12(2,11(16)17-3)10(15)8-6-7(13)4-5-9(8)14/h4-6,10H,14-15H2,1-3H3/t10-/m0/s1. The molecule has 0 aliphatic rings. The summed E-state index contributed by atoms with van der Waals surface area (Å²) in [5, 5.41) is 0.533. The third kappa shape index (κ3) is 2.70. The molecule has 0 aliphatic carbocycles. The van der Waals surface area contributed by atoms with E-state index in [2.05, 4.69) is 0 Å². The Morgan fingerprint density at radius 1 is 1.47 bits per heavy atom. The lowest BCUT2D eigenvalue weighted by atomic mass is 9.80. The Balaban J connectivity index is 3.15. The molecule has 0 bridgehead atoms. The van der Waals surface area contributed by atoms with Gasteiger partial charge in [0.05, 0.1) is 12.5 Å². The van der Waals surface area contributed by atoms with E-state index in [9.17, 15) is 4.79 Å². The molecule has 17 heavy (non-hydrogen) atoms. The van der Waals surface area contributed by atoms with Gasteiger partial charge in [-0.1, -0.05) is 11.6 Å². The van der Waals surface area contributed by atoms with Gasteiger partial charge in [0.25, 0.3) is 0 Å². The molecule has 0 saturated carbocycles. The molecule has 0 amide bonds. The Kier molecular flexibility index (Phi) is 4.01. The molecule has 0 heterocycles. The minimum atomic E-state index is -0.868. The molecule has 0 aromatic heterocycles. The van der Waals surface area contributed by atoms with E-state index in [0.717, 1.165) is 0 Å². The van der Waals surface area contributed by atoms with Crippen LogP contribution in [0.4, 0.5) is 5.69 Å². The number of nitrogen functional groups attached to an aromatic ring is 1. The summed E-state index contributed by atoms with van der Waals surface area (Å²) in [5.41, 5.74) is 12.2. The lowest BCUT2D eigenvalue weighted by Gasteiger charge is -2.29. The molecule has 0 saturated heterocycles. The number of hydrogen-bond donors (Lipinski definition) is 2. The van der Waals surface area contributed by atoms with Gasteiger partial charge in [0.15, 0.2) is 0 Å². The van der Waals surface area contributed by atoms with Crippen molar-refractivity contribution in [2.24, 2.45) is 11.1 Å². The molecule has 1 aromatic rings. The third-order valence-electron chi connectivity index (χ3n) is 2.87. The maximum atomic E-state index is 11.7. The number of hydrogen-bond acceptors (Lipinski definition) is 4. The van der Waals surface area contributed by atoms with Crippen LogP contribution >= 0.6 is 11.6 Å². The fraction of sp³-hybridized carbons (Fsp3) is 0.417. The SMILES string of the molecule is COC(=O)C(C)(C)[C@@H](N)c1cc(Cl)ccc1N. The summed E-state index contributed by atoms with van der Waals surface area (Å²) in [6.07, 6.45) is 0. The molecule has 1 rings (SSSR count). The van der Waals surface area contributed by atoms with E-state index in [1.165, 1.54) is 7.11 Å². The molecule has 1 aromatic carbocycles. The van der Waals surface area contributed by atoms with Crippen LogP contribution in [0, 0.1) is 5.41 Å². The van der Waals surface area contributed by atoms with Gasteiger partial charge in [0.2, 0.25) is 0 Å². The van der Waals surface area contributed by atoms with Crippen LogP contribution in [0.5, 0.6) is 0 Å². The number of methoxy groups -OCH3 is 1. The normalized spacial score (nSPS) is 13.2. The predicted octanol–water partition coefficient (Wildman–Crippen LogP) is 2.12. The van der Waals surface area contributed by atoms with Crippen LogP contribution in [0.1, 0.15) is 25.5 Å². The van der Waals surface area contributed by atoms with E-state index in [-0.39, 0.29) is 5.97 Å². The van der Waals surface area contributed by atoms with Crippen molar-refractivity contribution < 1.29 is 9.53 Å². The smallest absolute Gasteiger partial charge is 0.313 e. The van der Waals surface area contributed by atoms with Gasteiger partial charge in [-0.25, -0.2) is 0 Å². The van der Waals surface area contributed by atoms with Gasteiger partial charge in [-0.15, -0.1) is 0 Å². The van der Waals surface area contributed by atoms with Crippen molar-refractivity contribution in [3.8, 4) is 0 Å². The maximum Gasteiger partial charge on any atom is 0.313 e. The maximum absolute atomic E-state index is 11.7. The van der Waals surface area contributed by atoms with Gasteiger partial charge in [0.1, 0.15) is 0 Å². The van der Waals surface area contributed by atoms with Crippen LogP contribution in [0.15, 0.2) is 18.2 Å². The van der Waals surface area contributed by atoms with Crippen molar-refractivity contribution in [1.82, 2.24) is 0 Å². The van der Waals surface area contributed by atoms with Crippen molar-refractivity contribution in [3.05, 3.63) is 28.8 Å². The number of rotatable bonds is 3. The van der Waals surface area contributed by atoms with Crippen LogP contribution < -0.4 is 11.5 Å². The highest BCUT2D eigenvalue weighted by Gasteiger charge is 2.37. The highest BCUT2D eigenvalue weighted by molar-refractivity contribution is 6.30. The van der Waals surface area contributed by atoms with Gasteiger partial charge in [-0.05, 0) is 37.6 Å². The second kappa shape index (κ2) is 4.94. The van der Waals surface area contributed by atoms with Crippen LogP contribution in [0.25, 0.3) is 0 Å². The number of carbonyl (C=O) groups excluding carboxylic acids is 1. The second-order valence-corrected chi connectivity index (χ2v) is 4.90. The quantitative estimate of drug-likeness (QED) is 0.641. The van der Waals surface area contributed by atoms with E-state index in [1.807, 2.05) is 0 Å². The largest absolute Gasteiger partial charge is 0.469 e. The predicted molar refractivity (Wildman–Crippen MR) is 68.6 cm³/mol. The third-order valence-corrected chi connectivity index (χ3v) is 3.11. The summed E-state index contributed by atoms with van der Waals surface area (Å²) in [7, 11) is 1.33. The molecule has 0 fully saturated rings. The summed E-state index contributed by atoms with van der Waals surface area (Å²) in [6, 6.07) is 4.45. The Hall–Kier alpha value is -1.26. The average molecular weight is 257 g/mol. The van der Waals surface area contributed by atoms with E-state index in [4.69, 9.17) is 27.8 Å². The van der Waals surface area contributed by atoms with E-state index in [1.54, 1.807) is 32.0 Å². The summed E-state index contributed by atoms with van der Waals surface area (Å²) >= 11 is 5.90. The van der Waals surface area contributed by atoms with Crippen molar-refractivity contribution in [1.29, 1.82) is 0 Å². The van der Waals surface area contributed by atoms with Crippen molar-refractivity contribution in [2.45, 2.75) is 19.9 Å². The summed E-state index contributed by atoms with van der Waals surface area (Å²) in [4.78, 5) is 11.7. The monoisotopic (exact) mass is 256 g/mol. The Morgan fingerprint density at radius 2 is 2.06 bits per heavy atom. The second-order valence-electron chi connectivity index (χ2n) is 4.46. The van der Waals surface area contributed by atoms with Crippen molar-refractivity contribution in [2.75, 3.05) is 12.8 Å². The van der Waals surface area contributed by atoms with E-state index < -0.39 is 11.5 Å². The van der Waals surface area contributed by atoms with Crippen molar-refractivity contribution >= 4 is 23.3 Å². The summed E-state index contributed by atoms with van der Waals surface area (Å²) < 4.78 is 4.73. The topological polar surface area (TPSA) is 78.3 Å². The fourth-order valence-corrected chi connectivity index (χ4v) is 1.77. The van der Waals surface area contributed by atoms with Gasteiger partial charge in [-0.2, -0.15) is 0 Å². The highest BCUT2D eigenvalue weighted by atomic mass is 35.5. The molecular weight excluding hydrogens is 240 g/mol. The lowest BCUT2D eigenvalue weighted by Crippen LogP contribution is -2.37. The van der Waals surface area contributed by atoms with Crippen LogP contribution in [-0.2, 0) is 9.53 Å². The average Bonchev–Trinajstić information content (AvgIpc) is 2.30. The molecule has 1 atom stereocenters. The minimum absolute atomic E-state index is 0.385. The molecule has 0 unspecified atom stereocenters. The first-order chi connectivity index (χ1) is 7.80. The Morgan fingerprint density at radius 3 is 2.59 bits per heavy atom. The van der Waals surface area contributed by atoms with E-state index in [0.29, 0.717) is 16.3 Å². The van der Waals surface area contributed by atoms with Crippen LogP contribution in [-0.4, -0.2) is 13.1 Å². The number of benzene rings is 1. The summed E-state index contributed by atoms with van der Waals surface area (Å²) in [5.74, 6) is -0.385. The number of anilines is 1. The van der Waals surface area contributed by atoms with Crippen LogP contribution in [0.2, 0.25) is 5.02 Å².